The van der Waals surface area contributed by atoms with E-state index in [-0.39, 0.29) is 5.78 Å². The van der Waals surface area contributed by atoms with Crippen LogP contribution in [0, 0.1) is 13.8 Å². The second-order valence-electron chi connectivity index (χ2n) is 8.20. The van der Waals surface area contributed by atoms with Crippen LogP contribution >= 0.6 is 23.4 Å². The standard InChI is InChI=1S/C24H25ClO3S/c1-14-12-20(15(2)11-19(14)16-6-8-17(25)9-7-16)21-22(26)24(28-23(21)27)10-4-5-18(13-24)29-3/h6-9,11-12,18,21H,4-5,10,13H2,1-3H3. The molecule has 3 unspecified atom stereocenters. The van der Waals surface area contributed by atoms with Crippen LogP contribution in [0.25, 0.3) is 11.1 Å². The lowest BCUT2D eigenvalue weighted by atomic mass is 9.77. The Bertz CT molecular complexity index is 969. The highest BCUT2D eigenvalue weighted by Gasteiger charge is 2.57. The van der Waals surface area contributed by atoms with E-state index < -0.39 is 17.5 Å². The molecule has 1 heterocycles. The molecule has 29 heavy (non-hydrogen) atoms. The van der Waals surface area contributed by atoms with Gasteiger partial charge in [-0.2, -0.15) is 11.8 Å². The minimum absolute atomic E-state index is 0.0528. The number of hydrogen-bond donors (Lipinski definition) is 0. The van der Waals surface area contributed by atoms with Gasteiger partial charge in [0.05, 0.1) is 0 Å². The van der Waals surface area contributed by atoms with Gasteiger partial charge in [-0.1, -0.05) is 35.9 Å². The Kier molecular flexibility index (Phi) is 5.52. The highest BCUT2D eigenvalue weighted by Crippen LogP contribution is 2.46. The minimum Gasteiger partial charge on any atom is -0.450 e. The molecule has 5 heteroatoms. The van der Waals surface area contributed by atoms with E-state index >= 15 is 0 Å². The largest absolute Gasteiger partial charge is 0.450 e. The summed E-state index contributed by atoms with van der Waals surface area (Å²) in [5, 5.41) is 1.06. The first-order chi connectivity index (χ1) is 13.8. The van der Waals surface area contributed by atoms with Crippen LogP contribution in [0.2, 0.25) is 5.02 Å². The summed E-state index contributed by atoms with van der Waals surface area (Å²) in [5.41, 5.74) is 3.96. The summed E-state index contributed by atoms with van der Waals surface area (Å²) in [7, 11) is 0. The van der Waals surface area contributed by atoms with Crippen molar-refractivity contribution in [2.24, 2.45) is 0 Å². The molecule has 4 rings (SSSR count). The molecular weight excluding hydrogens is 404 g/mol. The molecule has 1 aliphatic heterocycles. The molecule has 3 nitrogen and oxygen atoms in total. The first kappa shape index (κ1) is 20.5. The number of rotatable bonds is 3. The van der Waals surface area contributed by atoms with Crippen LogP contribution in [0.4, 0.5) is 0 Å². The molecule has 2 aromatic rings. The third-order valence-electron chi connectivity index (χ3n) is 6.32. The van der Waals surface area contributed by atoms with Gasteiger partial charge in [0, 0.05) is 16.7 Å². The van der Waals surface area contributed by atoms with Crippen molar-refractivity contribution < 1.29 is 14.3 Å². The van der Waals surface area contributed by atoms with Crippen molar-refractivity contribution >= 4 is 35.1 Å². The monoisotopic (exact) mass is 428 g/mol. The summed E-state index contributed by atoms with van der Waals surface area (Å²) in [5.74, 6) is -1.25. The number of thioether (sulfide) groups is 1. The van der Waals surface area contributed by atoms with Crippen molar-refractivity contribution in [3.63, 3.8) is 0 Å². The zero-order chi connectivity index (χ0) is 20.8. The normalized spacial score (nSPS) is 26.8. The summed E-state index contributed by atoms with van der Waals surface area (Å²) in [6, 6.07) is 11.7. The van der Waals surface area contributed by atoms with E-state index in [4.69, 9.17) is 16.3 Å². The zero-order valence-corrected chi connectivity index (χ0v) is 18.5. The zero-order valence-electron chi connectivity index (χ0n) is 17.0. The number of benzene rings is 2. The van der Waals surface area contributed by atoms with E-state index in [9.17, 15) is 9.59 Å². The van der Waals surface area contributed by atoms with Gasteiger partial charge in [-0.15, -0.1) is 0 Å². The molecule has 1 saturated heterocycles. The highest BCUT2D eigenvalue weighted by atomic mass is 35.5. The van der Waals surface area contributed by atoms with Crippen molar-refractivity contribution in [1.82, 2.24) is 0 Å². The van der Waals surface area contributed by atoms with Crippen LogP contribution in [-0.4, -0.2) is 28.9 Å². The molecule has 0 amide bonds. The van der Waals surface area contributed by atoms with E-state index in [0.717, 1.165) is 40.7 Å². The highest BCUT2D eigenvalue weighted by molar-refractivity contribution is 7.99. The molecule has 1 spiro atoms. The second-order valence-corrected chi connectivity index (χ2v) is 9.77. The quantitative estimate of drug-likeness (QED) is 0.452. The molecule has 152 valence electrons. The van der Waals surface area contributed by atoms with Gasteiger partial charge in [0.25, 0.3) is 0 Å². The van der Waals surface area contributed by atoms with Crippen molar-refractivity contribution in [1.29, 1.82) is 0 Å². The number of ketones is 1. The SMILES string of the molecule is CSC1CCCC2(C1)OC(=O)C(c1cc(C)c(-c3ccc(Cl)cc3)cc1C)C2=O. The Morgan fingerprint density at radius 2 is 1.83 bits per heavy atom. The predicted octanol–water partition coefficient (Wildman–Crippen LogP) is 5.88. The van der Waals surface area contributed by atoms with Gasteiger partial charge in [-0.25, -0.2) is 0 Å². The van der Waals surface area contributed by atoms with Gasteiger partial charge in [0.2, 0.25) is 0 Å². The van der Waals surface area contributed by atoms with Gasteiger partial charge in [0.1, 0.15) is 5.92 Å². The van der Waals surface area contributed by atoms with Crippen LogP contribution in [0.3, 0.4) is 0 Å². The first-order valence-corrected chi connectivity index (χ1v) is 11.7. The van der Waals surface area contributed by atoms with Crippen molar-refractivity contribution in [2.75, 3.05) is 6.26 Å². The van der Waals surface area contributed by atoms with Crippen LogP contribution in [-0.2, 0) is 14.3 Å². The number of carbonyl (C=O) groups excluding carboxylic acids is 2. The summed E-state index contributed by atoms with van der Waals surface area (Å²) in [4.78, 5) is 26.3. The molecule has 1 saturated carbocycles. The fraction of sp³-hybridized carbons (Fsp3) is 0.417. The Morgan fingerprint density at radius 1 is 1.10 bits per heavy atom. The Hall–Kier alpha value is -1.78. The van der Waals surface area contributed by atoms with Crippen LogP contribution < -0.4 is 0 Å². The molecule has 0 N–H and O–H groups in total. The number of carbonyl (C=O) groups is 2. The number of halogens is 1. The van der Waals surface area contributed by atoms with Gasteiger partial charge >= 0.3 is 5.97 Å². The minimum atomic E-state index is -0.928. The molecule has 2 aliphatic rings. The average molecular weight is 429 g/mol. The van der Waals surface area contributed by atoms with E-state index in [2.05, 4.69) is 12.3 Å². The smallest absolute Gasteiger partial charge is 0.322 e. The van der Waals surface area contributed by atoms with Gasteiger partial charge < -0.3 is 4.74 Å². The first-order valence-electron chi connectivity index (χ1n) is 10.0. The summed E-state index contributed by atoms with van der Waals surface area (Å²) in [6.07, 6.45) is 5.34. The van der Waals surface area contributed by atoms with E-state index in [0.29, 0.717) is 23.1 Å². The van der Waals surface area contributed by atoms with Crippen molar-refractivity contribution in [2.45, 2.75) is 56.3 Å². The Balaban J connectivity index is 1.69. The lowest BCUT2D eigenvalue weighted by molar-refractivity contribution is -0.154. The maximum atomic E-state index is 13.4. The van der Waals surface area contributed by atoms with Gasteiger partial charge in [-0.05, 0) is 79.3 Å². The molecule has 2 fully saturated rings. The predicted molar refractivity (Wildman–Crippen MR) is 119 cm³/mol. The molecule has 0 bridgehead atoms. The van der Waals surface area contributed by atoms with Crippen molar-refractivity contribution in [3.8, 4) is 11.1 Å². The Morgan fingerprint density at radius 3 is 2.52 bits per heavy atom. The number of Topliss-reactive ketones (excluding diaryl/α,β-unsaturated/α-hetero) is 1. The molecule has 0 radical (unpaired) electrons. The lowest BCUT2D eigenvalue weighted by Gasteiger charge is -2.34. The van der Waals surface area contributed by atoms with Crippen LogP contribution in [0.15, 0.2) is 36.4 Å². The second kappa shape index (κ2) is 7.81. The topological polar surface area (TPSA) is 43.4 Å². The number of aryl methyl sites for hydroxylation is 2. The summed E-state index contributed by atoms with van der Waals surface area (Å²) >= 11 is 7.77. The molecule has 1 aliphatic carbocycles. The van der Waals surface area contributed by atoms with Crippen LogP contribution in [0.5, 0.6) is 0 Å². The maximum Gasteiger partial charge on any atom is 0.322 e. The fourth-order valence-corrected chi connectivity index (χ4v) is 5.70. The maximum absolute atomic E-state index is 13.4. The molecule has 2 aromatic carbocycles. The third kappa shape index (κ3) is 3.62. The fourth-order valence-electron chi connectivity index (χ4n) is 4.73. The van der Waals surface area contributed by atoms with E-state index in [1.165, 1.54) is 0 Å². The van der Waals surface area contributed by atoms with Gasteiger partial charge in [0.15, 0.2) is 11.4 Å². The van der Waals surface area contributed by atoms with E-state index in [1.807, 2.05) is 44.2 Å². The number of esters is 1. The average Bonchev–Trinajstić information content (AvgIpc) is 2.93. The third-order valence-corrected chi connectivity index (χ3v) is 7.64. The molecule has 3 atom stereocenters. The van der Waals surface area contributed by atoms with Crippen LogP contribution in [0.1, 0.15) is 48.3 Å². The lowest BCUT2D eigenvalue weighted by Crippen LogP contribution is -2.42. The van der Waals surface area contributed by atoms with Crippen molar-refractivity contribution in [3.05, 3.63) is 58.1 Å². The number of hydrogen-bond acceptors (Lipinski definition) is 4. The summed E-state index contributed by atoms with van der Waals surface area (Å²) in [6.45, 7) is 3.98. The molecule has 0 aromatic heterocycles. The summed E-state index contributed by atoms with van der Waals surface area (Å²) < 4.78 is 5.81. The number of ether oxygens (including phenoxy) is 1. The van der Waals surface area contributed by atoms with E-state index in [1.54, 1.807) is 11.8 Å². The van der Waals surface area contributed by atoms with Gasteiger partial charge in [-0.3, -0.25) is 9.59 Å². The molecular formula is C24H25ClO3S. The Labute approximate surface area is 181 Å².